The third kappa shape index (κ3) is 5.87. The molecule has 152 valence electrons. The molecule has 1 N–H and O–H groups in total. The fraction of sp³-hybridized carbons (Fsp3) is 0.350. The standard InChI is InChI=1S/C20H21ClF3NO3/c1-4-27-18-8-5-13(9-14(18)11-28-12(2)3)19(26)25-17-10-15(20(22,23)24)6-7-16(17)21/h5-10,12H,4,11H2,1-3H3,(H,25,26). The van der Waals surface area contributed by atoms with Gasteiger partial charge in [0.25, 0.3) is 5.91 Å². The number of nitrogens with one attached hydrogen (secondary N) is 1. The highest BCUT2D eigenvalue weighted by Crippen LogP contribution is 2.34. The van der Waals surface area contributed by atoms with E-state index in [0.29, 0.717) is 17.9 Å². The summed E-state index contributed by atoms with van der Waals surface area (Å²) in [6.07, 6.45) is -4.55. The summed E-state index contributed by atoms with van der Waals surface area (Å²) in [5.74, 6) is -0.00753. The quantitative estimate of drug-likeness (QED) is 0.609. The molecule has 0 fully saturated rings. The SMILES string of the molecule is CCOc1ccc(C(=O)Nc2cc(C(F)(F)F)ccc2Cl)cc1COC(C)C. The minimum absolute atomic E-state index is 0.00986. The van der Waals surface area contributed by atoms with Crippen molar-refractivity contribution >= 4 is 23.2 Å². The van der Waals surface area contributed by atoms with Gasteiger partial charge >= 0.3 is 6.18 Å². The summed E-state index contributed by atoms with van der Waals surface area (Å²) in [6, 6.07) is 7.50. The number of alkyl halides is 3. The monoisotopic (exact) mass is 415 g/mol. The molecule has 0 aliphatic rings. The highest BCUT2D eigenvalue weighted by molar-refractivity contribution is 6.34. The fourth-order valence-electron chi connectivity index (χ4n) is 2.38. The predicted molar refractivity (Wildman–Crippen MR) is 102 cm³/mol. The molecule has 0 saturated carbocycles. The van der Waals surface area contributed by atoms with E-state index < -0.39 is 17.6 Å². The molecule has 0 spiro atoms. The van der Waals surface area contributed by atoms with Crippen molar-refractivity contribution in [3.63, 3.8) is 0 Å². The minimum Gasteiger partial charge on any atom is -0.494 e. The van der Waals surface area contributed by atoms with Crippen LogP contribution in [0.1, 0.15) is 42.3 Å². The number of amides is 1. The van der Waals surface area contributed by atoms with Gasteiger partial charge in [0.15, 0.2) is 0 Å². The van der Waals surface area contributed by atoms with E-state index >= 15 is 0 Å². The molecule has 0 heterocycles. The first-order chi connectivity index (χ1) is 13.1. The van der Waals surface area contributed by atoms with Crippen LogP contribution in [0.3, 0.4) is 0 Å². The molecule has 1 amide bonds. The third-order valence-corrected chi connectivity index (χ3v) is 4.07. The fourth-order valence-corrected chi connectivity index (χ4v) is 2.54. The van der Waals surface area contributed by atoms with Gasteiger partial charge in [0.05, 0.1) is 35.6 Å². The van der Waals surface area contributed by atoms with Gasteiger partial charge in [0, 0.05) is 11.1 Å². The second kappa shape index (κ2) is 9.30. The number of carbonyl (C=O) groups is 1. The second-order valence-electron chi connectivity index (χ2n) is 6.26. The lowest BCUT2D eigenvalue weighted by molar-refractivity contribution is -0.137. The maximum atomic E-state index is 12.9. The van der Waals surface area contributed by atoms with Crippen LogP contribution in [0.2, 0.25) is 5.02 Å². The minimum atomic E-state index is -4.54. The van der Waals surface area contributed by atoms with Gasteiger partial charge in [-0.25, -0.2) is 0 Å². The van der Waals surface area contributed by atoms with Crippen molar-refractivity contribution in [1.29, 1.82) is 0 Å². The van der Waals surface area contributed by atoms with E-state index in [4.69, 9.17) is 21.1 Å². The number of hydrogen-bond donors (Lipinski definition) is 1. The molecule has 0 aromatic heterocycles. The van der Waals surface area contributed by atoms with Crippen LogP contribution in [-0.2, 0) is 17.5 Å². The van der Waals surface area contributed by atoms with Crippen LogP contribution in [0.15, 0.2) is 36.4 Å². The van der Waals surface area contributed by atoms with Crippen molar-refractivity contribution in [2.75, 3.05) is 11.9 Å². The first-order valence-electron chi connectivity index (χ1n) is 8.67. The Morgan fingerprint density at radius 3 is 2.50 bits per heavy atom. The zero-order valence-electron chi connectivity index (χ0n) is 15.7. The van der Waals surface area contributed by atoms with Crippen LogP contribution in [0.4, 0.5) is 18.9 Å². The summed E-state index contributed by atoms with van der Waals surface area (Å²) in [5.41, 5.74) is -0.0992. The van der Waals surface area contributed by atoms with Crippen LogP contribution >= 0.6 is 11.6 Å². The molecule has 8 heteroatoms. The summed E-state index contributed by atoms with van der Waals surface area (Å²) in [6.45, 7) is 6.28. The number of halogens is 4. The van der Waals surface area contributed by atoms with Crippen molar-refractivity contribution < 1.29 is 27.4 Å². The maximum Gasteiger partial charge on any atom is 0.416 e. The summed E-state index contributed by atoms with van der Waals surface area (Å²) in [5, 5.41) is 2.44. The topological polar surface area (TPSA) is 47.6 Å². The Bertz CT molecular complexity index is 838. The zero-order valence-corrected chi connectivity index (χ0v) is 16.4. The number of rotatable bonds is 7. The third-order valence-electron chi connectivity index (χ3n) is 3.74. The van der Waals surface area contributed by atoms with Crippen molar-refractivity contribution in [2.45, 2.75) is 39.7 Å². The molecule has 28 heavy (non-hydrogen) atoms. The average Bonchev–Trinajstić information content (AvgIpc) is 2.61. The molecule has 0 unspecified atom stereocenters. The molecular weight excluding hydrogens is 395 g/mol. The molecule has 2 aromatic carbocycles. The highest BCUT2D eigenvalue weighted by atomic mass is 35.5. The van der Waals surface area contributed by atoms with E-state index in [1.807, 2.05) is 20.8 Å². The van der Waals surface area contributed by atoms with Gasteiger partial charge in [0.1, 0.15) is 5.75 Å². The van der Waals surface area contributed by atoms with E-state index in [0.717, 1.165) is 18.2 Å². The first kappa shape index (κ1) is 22.0. The van der Waals surface area contributed by atoms with E-state index in [1.165, 1.54) is 6.07 Å². The predicted octanol–water partition coefficient (Wildman–Crippen LogP) is 5.93. The Labute approximate surface area is 166 Å². The molecule has 0 atom stereocenters. The summed E-state index contributed by atoms with van der Waals surface area (Å²) < 4.78 is 49.8. The van der Waals surface area contributed by atoms with Crippen LogP contribution in [0.5, 0.6) is 5.75 Å². The van der Waals surface area contributed by atoms with Crippen molar-refractivity contribution in [1.82, 2.24) is 0 Å². The molecule has 0 saturated heterocycles. The lowest BCUT2D eigenvalue weighted by Gasteiger charge is -2.15. The van der Waals surface area contributed by atoms with Gasteiger partial charge in [-0.2, -0.15) is 13.2 Å². The van der Waals surface area contributed by atoms with Crippen LogP contribution in [-0.4, -0.2) is 18.6 Å². The number of hydrogen-bond acceptors (Lipinski definition) is 3. The normalized spacial score (nSPS) is 11.6. The number of anilines is 1. The average molecular weight is 416 g/mol. The van der Waals surface area contributed by atoms with Gasteiger partial charge in [-0.05, 0) is 57.2 Å². The lowest BCUT2D eigenvalue weighted by Crippen LogP contribution is -2.14. The van der Waals surface area contributed by atoms with Gasteiger partial charge in [-0.3, -0.25) is 4.79 Å². The molecule has 0 bridgehead atoms. The van der Waals surface area contributed by atoms with Crippen molar-refractivity contribution in [2.24, 2.45) is 0 Å². The van der Waals surface area contributed by atoms with Gasteiger partial charge in [-0.15, -0.1) is 0 Å². The molecule has 4 nitrogen and oxygen atoms in total. The lowest BCUT2D eigenvalue weighted by atomic mass is 10.1. The Kier molecular flexibility index (Phi) is 7.32. The van der Waals surface area contributed by atoms with Gasteiger partial charge < -0.3 is 14.8 Å². The number of benzene rings is 2. The Hall–Kier alpha value is -2.25. The van der Waals surface area contributed by atoms with Crippen LogP contribution < -0.4 is 10.1 Å². The summed E-state index contributed by atoms with van der Waals surface area (Å²) in [4.78, 5) is 12.6. The largest absolute Gasteiger partial charge is 0.494 e. The van der Waals surface area contributed by atoms with E-state index in [9.17, 15) is 18.0 Å². The summed E-state index contributed by atoms with van der Waals surface area (Å²) in [7, 11) is 0. The maximum absolute atomic E-state index is 12.9. The molecule has 2 aromatic rings. The molecular formula is C20H21ClF3NO3. The Morgan fingerprint density at radius 1 is 1.18 bits per heavy atom. The molecule has 0 aliphatic carbocycles. The van der Waals surface area contributed by atoms with E-state index in [2.05, 4.69) is 5.32 Å². The first-order valence-corrected chi connectivity index (χ1v) is 9.05. The van der Waals surface area contributed by atoms with Gasteiger partial charge in [0.2, 0.25) is 0 Å². The van der Waals surface area contributed by atoms with Crippen molar-refractivity contribution in [3.8, 4) is 5.75 Å². The van der Waals surface area contributed by atoms with Crippen molar-refractivity contribution in [3.05, 3.63) is 58.1 Å². The smallest absolute Gasteiger partial charge is 0.416 e. The second-order valence-corrected chi connectivity index (χ2v) is 6.67. The Morgan fingerprint density at radius 2 is 1.89 bits per heavy atom. The summed E-state index contributed by atoms with van der Waals surface area (Å²) >= 11 is 5.94. The number of ether oxygens (including phenoxy) is 2. The molecule has 0 aliphatic heterocycles. The Balaban J connectivity index is 2.28. The highest BCUT2D eigenvalue weighted by Gasteiger charge is 2.31. The number of carbonyl (C=O) groups excluding carboxylic acids is 1. The zero-order chi connectivity index (χ0) is 20.9. The van der Waals surface area contributed by atoms with E-state index in [1.54, 1.807) is 12.1 Å². The van der Waals surface area contributed by atoms with Gasteiger partial charge in [-0.1, -0.05) is 11.6 Å². The van der Waals surface area contributed by atoms with E-state index in [-0.39, 0.29) is 29.0 Å². The molecule has 0 radical (unpaired) electrons. The van der Waals surface area contributed by atoms with Crippen LogP contribution in [0.25, 0.3) is 0 Å². The van der Waals surface area contributed by atoms with Crippen LogP contribution in [0, 0.1) is 0 Å². The molecule has 2 rings (SSSR count).